The highest BCUT2D eigenvalue weighted by Crippen LogP contribution is 2.50. The number of imide groups is 1. The van der Waals surface area contributed by atoms with E-state index in [-0.39, 0.29) is 36.2 Å². The molecule has 0 aliphatic carbocycles. The molecule has 2 saturated heterocycles. The number of amides is 3. The summed E-state index contributed by atoms with van der Waals surface area (Å²) in [5.41, 5.74) is 0.689. The molecule has 0 bridgehead atoms. The zero-order chi connectivity index (χ0) is 21.9. The molecule has 7 heteroatoms. The van der Waals surface area contributed by atoms with Crippen LogP contribution in [0, 0.1) is 23.6 Å². The summed E-state index contributed by atoms with van der Waals surface area (Å²) in [6.45, 7) is 4.25. The molecule has 0 aromatic heterocycles. The fraction of sp³-hybridized carbons (Fsp3) is 0.375. The SMILES string of the molecule is CC(C)[C@@H]1[NH2+][C@]2(C(=O)Nc3ccc(F)cc32)[C@@H]2C(=O)N(CCc3ccccc3)C(=O)[C@@H]21. The monoisotopic (exact) mass is 422 g/mol. The topological polar surface area (TPSA) is 83.1 Å². The quantitative estimate of drug-likeness (QED) is 0.731. The first-order valence-electron chi connectivity index (χ1n) is 10.7. The molecule has 0 radical (unpaired) electrons. The van der Waals surface area contributed by atoms with Crippen molar-refractivity contribution in [3.05, 3.63) is 65.5 Å². The minimum Gasteiger partial charge on any atom is -0.326 e. The van der Waals surface area contributed by atoms with Crippen molar-refractivity contribution in [1.29, 1.82) is 0 Å². The van der Waals surface area contributed by atoms with Crippen molar-refractivity contribution < 1.29 is 24.1 Å². The van der Waals surface area contributed by atoms with E-state index in [9.17, 15) is 18.8 Å². The Balaban J connectivity index is 1.55. The van der Waals surface area contributed by atoms with Gasteiger partial charge in [0.1, 0.15) is 23.7 Å². The van der Waals surface area contributed by atoms with Crippen molar-refractivity contribution in [1.82, 2.24) is 4.90 Å². The largest absolute Gasteiger partial charge is 0.326 e. The number of benzene rings is 2. The highest BCUT2D eigenvalue weighted by molar-refractivity contribution is 6.13. The van der Waals surface area contributed by atoms with Crippen LogP contribution in [0.15, 0.2) is 48.5 Å². The third kappa shape index (κ3) is 2.76. The molecule has 3 aliphatic heterocycles. The number of quaternary nitrogens is 1. The minimum atomic E-state index is -1.31. The molecule has 2 fully saturated rings. The fourth-order valence-electron chi connectivity index (χ4n) is 5.63. The first-order chi connectivity index (χ1) is 14.8. The number of nitrogens with one attached hydrogen (secondary N) is 1. The lowest BCUT2D eigenvalue weighted by Crippen LogP contribution is -2.99. The molecule has 3 heterocycles. The van der Waals surface area contributed by atoms with Gasteiger partial charge < -0.3 is 10.6 Å². The van der Waals surface area contributed by atoms with E-state index >= 15 is 0 Å². The van der Waals surface area contributed by atoms with Gasteiger partial charge in [-0.2, -0.15) is 0 Å². The maximum Gasteiger partial charge on any atom is 0.291 e. The molecule has 31 heavy (non-hydrogen) atoms. The molecular weight excluding hydrogens is 397 g/mol. The number of hydrogen-bond donors (Lipinski definition) is 2. The van der Waals surface area contributed by atoms with Gasteiger partial charge >= 0.3 is 0 Å². The third-order valence-electron chi connectivity index (χ3n) is 7.09. The lowest BCUT2D eigenvalue weighted by atomic mass is 9.76. The number of carbonyl (C=O) groups is 3. The number of likely N-dealkylation sites (tertiary alicyclic amines) is 1. The van der Waals surface area contributed by atoms with Crippen LogP contribution < -0.4 is 10.6 Å². The Kier molecular flexibility index (Phi) is 4.48. The van der Waals surface area contributed by atoms with Gasteiger partial charge in [0.05, 0.1) is 5.69 Å². The molecule has 1 spiro atoms. The Morgan fingerprint density at radius 2 is 1.84 bits per heavy atom. The van der Waals surface area contributed by atoms with Gasteiger partial charge in [0.15, 0.2) is 0 Å². The number of fused-ring (bicyclic) bond motifs is 4. The van der Waals surface area contributed by atoms with Gasteiger partial charge in [0.2, 0.25) is 17.4 Å². The van der Waals surface area contributed by atoms with E-state index in [2.05, 4.69) is 5.32 Å². The van der Waals surface area contributed by atoms with Crippen molar-refractivity contribution in [2.24, 2.45) is 17.8 Å². The summed E-state index contributed by atoms with van der Waals surface area (Å²) in [5, 5.41) is 4.66. The number of halogens is 1. The Morgan fingerprint density at radius 1 is 1.10 bits per heavy atom. The van der Waals surface area contributed by atoms with Crippen LogP contribution in [0.1, 0.15) is 25.0 Å². The van der Waals surface area contributed by atoms with Crippen molar-refractivity contribution in [3.8, 4) is 0 Å². The van der Waals surface area contributed by atoms with Crippen molar-refractivity contribution in [2.75, 3.05) is 11.9 Å². The first kappa shape index (κ1) is 19.9. The van der Waals surface area contributed by atoms with E-state index in [1.54, 1.807) is 0 Å². The molecule has 6 nitrogen and oxygen atoms in total. The molecule has 4 atom stereocenters. The van der Waals surface area contributed by atoms with Crippen LogP contribution in [-0.2, 0) is 26.3 Å². The maximum atomic E-state index is 14.2. The minimum absolute atomic E-state index is 0.0584. The van der Waals surface area contributed by atoms with Crippen LogP contribution in [0.4, 0.5) is 10.1 Å². The summed E-state index contributed by atoms with van der Waals surface area (Å²) in [6, 6.07) is 13.6. The first-order valence-corrected chi connectivity index (χ1v) is 10.7. The van der Waals surface area contributed by atoms with Crippen LogP contribution in [0.5, 0.6) is 0 Å². The lowest BCUT2D eigenvalue weighted by molar-refractivity contribution is -0.738. The molecule has 5 rings (SSSR count). The number of nitrogens with zero attached hydrogens (tertiary/aromatic N) is 1. The molecule has 160 valence electrons. The molecule has 2 aromatic carbocycles. The van der Waals surface area contributed by atoms with Crippen LogP contribution in [0.2, 0.25) is 0 Å². The van der Waals surface area contributed by atoms with Gasteiger partial charge in [0, 0.05) is 18.0 Å². The number of carbonyl (C=O) groups excluding carboxylic acids is 3. The zero-order valence-electron chi connectivity index (χ0n) is 17.5. The van der Waals surface area contributed by atoms with E-state index in [1.807, 2.05) is 49.5 Å². The molecule has 3 aliphatic rings. The lowest BCUT2D eigenvalue weighted by Gasteiger charge is -2.27. The second-order valence-electron chi connectivity index (χ2n) is 9.07. The average Bonchev–Trinajstić information content (AvgIpc) is 3.33. The Labute approximate surface area is 179 Å². The number of anilines is 1. The summed E-state index contributed by atoms with van der Waals surface area (Å²) in [7, 11) is 0. The number of nitrogens with two attached hydrogens (primary N) is 1. The zero-order valence-corrected chi connectivity index (χ0v) is 17.5. The van der Waals surface area contributed by atoms with E-state index < -0.39 is 23.2 Å². The van der Waals surface area contributed by atoms with Crippen LogP contribution in [-0.4, -0.2) is 35.2 Å². The molecule has 3 amide bonds. The summed E-state index contributed by atoms with van der Waals surface area (Å²) < 4.78 is 14.2. The highest BCUT2D eigenvalue weighted by atomic mass is 19.1. The van der Waals surface area contributed by atoms with Crippen LogP contribution in [0.3, 0.4) is 0 Å². The Bertz CT molecular complexity index is 1090. The van der Waals surface area contributed by atoms with Gasteiger partial charge in [-0.15, -0.1) is 0 Å². The number of hydrogen-bond acceptors (Lipinski definition) is 3. The fourth-order valence-corrected chi connectivity index (χ4v) is 5.63. The highest BCUT2D eigenvalue weighted by Gasteiger charge is 2.74. The smallest absolute Gasteiger partial charge is 0.291 e. The Morgan fingerprint density at radius 3 is 2.55 bits per heavy atom. The summed E-state index contributed by atoms with van der Waals surface area (Å²) >= 11 is 0. The molecular formula is C24H25FN3O3+. The molecule has 2 aromatic rings. The Hall–Kier alpha value is -3.06. The van der Waals surface area contributed by atoms with Gasteiger partial charge in [-0.3, -0.25) is 19.3 Å². The van der Waals surface area contributed by atoms with E-state index in [4.69, 9.17) is 0 Å². The van der Waals surface area contributed by atoms with Gasteiger partial charge in [-0.1, -0.05) is 44.2 Å². The van der Waals surface area contributed by atoms with Crippen molar-refractivity contribution >= 4 is 23.4 Å². The van der Waals surface area contributed by atoms with Gasteiger partial charge in [-0.25, -0.2) is 4.39 Å². The average molecular weight is 422 g/mol. The molecule has 0 unspecified atom stereocenters. The number of rotatable bonds is 4. The maximum absolute atomic E-state index is 14.2. The predicted octanol–water partition coefficient (Wildman–Crippen LogP) is 1.42. The standard InChI is InChI=1S/C24H24FN3O3/c1-13(2)20-18-19(22(30)28(21(18)29)11-10-14-6-4-3-5-7-14)24(27-20)16-12-15(25)8-9-17(16)26-23(24)31/h3-9,12-13,18-20,27H,10-11H2,1-2H3,(H,26,31)/p+1/t18-,19-,20-,24-/m0/s1. The molecule has 3 N–H and O–H groups in total. The predicted molar refractivity (Wildman–Crippen MR) is 111 cm³/mol. The molecule has 0 saturated carbocycles. The van der Waals surface area contributed by atoms with Gasteiger partial charge in [-0.05, 0) is 30.2 Å². The van der Waals surface area contributed by atoms with E-state index in [0.717, 1.165) is 5.56 Å². The third-order valence-corrected chi connectivity index (χ3v) is 7.09. The summed E-state index contributed by atoms with van der Waals surface area (Å²) in [5.74, 6) is -2.77. The summed E-state index contributed by atoms with van der Waals surface area (Å²) in [6.07, 6.45) is 0.554. The van der Waals surface area contributed by atoms with E-state index in [0.29, 0.717) is 17.7 Å². The summed E-state index contributed by atoms with van der Waals surface area (Å²) in [4.78, 5) is 41.6. The second-order valence-corrected chi connectivity index (χ2v) is 9.07. The van der Waals surface area contributed by atoms with E-state index in [1.165, 1.54) is 23.1 Å². The van der Waals surface area contributed by atoms with Crippen molar-refractivity contribution in [2.45, 2.75) is 31.8 Å². The van der Waals surface area contributed by atoms with Crippen LogP contribution >= 0.6 is 0 Å². The van der Waals surface area contributed by atoms with Crippen molar-refractivity contribution in [3.63, 3.8) is 0 Å². The normalized spacial score (nSPS) is 29.1. The second kappa shape index (κ2) is 6.99. The van der Waals surface area contributed by atoms with Crippen LogP contribution in [0.25, 0.3) is 0 Å². The van der Waals surface area contributed by atoms with Gasteiger partial charge in [0.25, 0.3) is 5.91 Å².